The molecule has 17 heavy (non-hydrogen) atoms. The summed E-state index contributed by atoms with van der Waals surface area (Å²) in [6.07, 6.45) is 4.91. The van der Waals surface area contributed by atoms with Crippen LogP contribution < -0.4 is 11.1 Å². The lowest BCUT2D eigenvalue weighted by molar-refractivity contribution is -0.126. The first-order chi connectivity index (χ1) is 7.93. The van der Waals surface area contributed by atoms with Crippen molar-refractivity contribution in [3.63, 3.8) is 0 Å². The van der Waals surface area contributed by atoms with Crippen molar-refractivity contribution in [3.05, 3.63) is 0 Å². The molecule has 1 amide bonds. The Morgan fingerprint density at radius 3 is 2.29 bits per heavy atom. The molecule has 3 nitrogen and oxygen atoms in total. The summed E-state index contributed by atoms with van der Waals surface area (Å²) in [4.78, 5) is 12.0. The number of carbonyl (C=O) groups excluding carboxylic acids is 1. The van der Waals surface area contributed by atoms with Crippen LogP contribution in [0.4, 0.5) is 0 Å². The summed E-state index contributed by atoms with van der Waals surface area (Å²) in [6.45, 7) is 8.31. The summed E-state index contributed by atoms with van der Waals surface area (Å²) >= 11 is 0. The van der Waals surface area contributed by atoms with Crippen LogP contribution in [-0.4, -0.2) is 18.0 Å². The van der Waals surface area contributed by atoms with Gasteiger partial charge in [-0.05, 0) is 31.6 Å². The SMILES string of the molecule is CC(C)C1CCCCC1NC(=O)C(C)C(C)N. The molecule has 0 aliphatic heterocycles. The van der Waals surface area contributed by atoms with Gasteiger partial charge in [0.2, 0.25) is 5.91 Å². The number of carbonyl (C=O) groups is 1. The molecule has 4 unspecified atom stereocenters. The van der Waals surface area contributed by atoms with Crippen molar-refractivity contribution in [1.82, 2.24) is 5.32 Å². The lowest BCUT2D eigenvalue weighted by Crippen LogP contribution is -2.48. The summed E-state index contributed by atoms with van der Waals surface area (Å²) in [5, 5.41) is 3.21. The molecule has 0 aromatic heterocycles. The summed E-state index contributed by atoms with van der Waals surface area (Å²) in [5.74, 6) is 1.31. The Kier molecular flexibility index (Phi) is 5.44. The summed E-state index contributed by atoms with van der Waals surface area (Å²) < 4.78 is 0. The number of rotatable bonds is 4. The largest absolute Gasteiger partial charge is 0.353 e. The van der Waals surface area contributed by atoms with Crippen LogP contribution in [0.3, 0.4) is 0 Å². The lowest BCUT2D eigenvalue weighted by Gasteiger charge is -2.35. The predicted octanol–water partition coefficient (Wildman–Crippen LogP) is 2.30. The molecule has 0 heterocycles. The molecule has 3 heteroatoms. The summed E-state index contributed by atoms with van der Waals surface area (Å²) in [6, 6.07) is 0.286. The maximum absolute atomic E-state index is 12.0. The van der Waals surface area contributed by atoms with Crippen LogP contribution in [0, 0.1) is 17.8 Å². The molecule has 3 N–H and O–H groups in total. The van der Waals surface area contributed by atoms with E-state index in [1.54, 1.807) is 0 Å². The highest BCUT2D eigenvalue weighted by Gasteiger charge is 2.30. The average molecular weight is 240 g/mol. The molecule has 1 saturated carbocycles. The molecule has 0 saturated heterocycles. The van der Waals surface area contributed by atoms with Crippen LogP contribution >= 0.6 is 0 Å². The molecular formula is C14H28N2O. The predicted molar refractivity (Wildman–Crippen MR) is 71.5 cm³/mol. The first-order valence-corrected chi connectivity index (χ1v) is 6.99. The van der Waals surface area contributed by atoms with Gasteiger partial charge in [-0.25, -0.2) is 0 Å². The van der Waals surface area contributed by atoms with Gasteiger partial charge in [-0.2, -0.15) is 0 Å². The van der Waals surface area contributed by atoms with Crippen LogP contribution in [0.15, 0.2) is 0 Å². The highest BCUT2D eigenvalue weighted by atomic mass is 16.2. The molecule has 1 aliphatic carbocycles. The number of nitrogens with one attached hydrogen (secondary N) is 1. The zero-order valence-electron chi connectivity index (χ0n) is 11.7. The van der Waals surface area contributed by atoms with Crippen LogP contribution in [0.25, 0.3) is 0 Å². The van der Waals surface area contributed by atoms with Gasteiger partial charge >= 0.3 is 0 Å². The van der Waals surface area contributed by atoms with E-state index in [1.807, 2.05) is 13.8 Å². The van der Waals surface area contributed by atoms with Crippen molar-refractivity contribution in [2.24, 2.45) is 23.5 Å². The van der Waals surface area contributed by atoms with Gasteiger partial charge in [0.05, 0.1) is 0 Å². The molecule has 0 aromatic carbocycles. The second kappa shape index (κ2) is 6.39. The van der Waals surface area contributed by atoms with E-state index in [4.69, 9.17) is 5.73 Å². The minimum atomic E-state index is -0.0928. The zero-order valence-corrected chi connectivity index (χ0v) is 11.7. The fourth-order valence-electron chi connectivity index (χ4n) is 2.69. The molecule has 0 radical (unpaired) electrons. The second-order valence-electron chi connectivity index (χ2n) is 5.96. The van der Waals surface area contributed by atoms with Gasteiger partial charge in [0.25, 0.3) is 0 Å². The Bertz CT molecular complexity index is 251. The van der Waals surface area contributed by atoms with E-state index in [0.29, 0.717) is 17.9 Å². The lowest BCUT2D eigenvalue weighted by atomic mass is 9.77. The van der Waals surface area contributed by atoms with Gasteiger partial charge in [0.15, 0.2) is 0 Å². The molecule has 1 fully saturated rings. The highest BCUT2D eigenvalue weighted by molar-refractivity contribution is 5.79. The number of amides is 1. The van der Waals surface area contributed by atoms with Crippen LogP contribution in [0.5, 0.6) is 0 Å². The Hall–Kier alpha value is -0.570. The van der Waals surface area contributed by atoms with Gasteiger partial charge in [0.1, 0.15) is 0 Å². The van der Waals surface area contributed by atoms with Crippen LogP contribution in [0.2, 0.25) is 0 Å². The maximum atomic E-state index is 12.0. The number of nitrogens with two attached hydrogens (primary N) is 1. The van der Waals surface area contributed by atoms with E-state index in [1.165, 1.54) is 19.3 Å². The third-order valence-electron chi connectivity index (χ3n) is 4.21. The second-order valence-corrected chi connectivity index (χ2v) is 5.96. The Morgan fingerprint density at radius 1 is 1.18 bits per heavy atom. The standard InChI is InChI=1S/C14H28N2O/c1-9(2)12-7-5-6-8-13(12)16-14(17)10(3)11(4)15/h9-13H,5-8,15H2,1-4H3,(H,16,17). The van der Waals surface area contributed by atoms with Crippen molar-refractivity contribution in [1.29, 1.82) is 0 Å². The van der Waals surface area contributed by atoms with Crippen molar-refractivity contribution in [2.45, 2.75) is 65.5 Å². The maximum Gasteiger partial charge on any atom is 0.224 e. The molecule has 0 aromatic rings. The highest BCUT2D eigenvalue weighted by Crippen LogP contribution is 2.30. The third kappa shape index (κ3) is 3.98. The summed E-state index contributed by atoms with van der Waals surface area (Å²) in [5.41, 5.74) is 5.78. The van der Waals surface area contributed by atoms with E-state index in [9.17, 15) is 4.79 Å². The van der Waals surface area contributed by atoms with Crippen molar-refractivity contribution in [2.75, 3.05) is 0 Å². The molecule has 0 spiro atoms. The zero-order chi connectivity index (χ0) is 13.0. The van der Waals surface area contributed by atoms with Gasteiger partial charge in [-0.1, -0.05) is 33.6 Å². The molecule has 4 atom stereocenters. The van der Waals surface area contributed by atoms with E-state index in [0.717, 1.165) is 6.42 Å². The van der Waals surface area contributed by atoms with Crippen molar-refractivity contribution in [3.8, 4) is 0 Å². The molecular weight excluding hydrogens is 212 g/mol. The van der Waals surface area contributed by atoms with Crippen LogP contribution in [0.1, 0.15) is 53.4 Å². The van der Waals surface area contributed by atoms with Gasteiger partial charge < -0.3 is 11.1 Å². The fourth-order valence-corrected chi connectivity index (χ4v) is 2.69. The normalized spacial score (nSPS) is 28.8. The monoisotopic (exact) mass is 240 g/mol. The average Bonchev–Trinajstić information content (AvgIpc) is 2.28. The first kappa shape index (κ1) is 14.5. The topological polar surface area (TPSA) is 55.1 Å². The molecule has 1 rings (SSSR count). The van der Waals surface area contributed by atoms with Gasteiger partial charge in [-0.3, -0.25) is 4.79 Å². The minimum Gasteiger partial charge on any atom is -0.353 e. The van der Waals surface area contributed by atoms with E-state index < -0.39 is 0 Å². The quantitative estimate of drug-likeness (QED) is 0.792. The summed E-state index contributed by atoms with van der Waals surface area (Å²) in [7, 11) is 0. The first-order valence-electron chi connectivity index (χ1n) is 6.99. The molecule has 100 valence electrons. The third-order valence-corrected chi connectivity index (χ3v) is 4.21. The molecule has 1 aliphatic rings. The van der Waals surface area contributed by atoms with Gasteiger partial charge in [-0.15, -0.1) is 0 Å². The Balaban J connectivity index is 2.56. The molecule has 0 bridgehead atoms. The minimum absolute atomic E-state index is 0.0731. The smallest absolute Gasteiger partial charge is 0.224 e. The Morgan fingerprint density at radius 2 is 1.76 bits per heavy atom. The van der Waals surface area contributed by atoms with E-state index in [2.05, 4.69) is 19.2 Å². The number of hydrogen-bond donors (Lipinski definition) is 2. The van der Waals surface area contributed by atoms with E-state index in [-0.39, 0.29) is 17.9 Å². The van der Waals surface area contributed by atoms with E-state index >= 15 is 0 Å². The van der Waals surface area contributed by atoms with Crippen LogP contribution in [-0.2, 0) is 4.79 Å². The fraction of sp³-hybridized carbons (Fsp3) is 0.929. The van der Waals surface area contributed by atoms with Gasteiger partial charge in [0, 0.05) is 18.0 Å². The Labute approximate surface area is 106 Å². The number of hydrogen-bond acceptors (Lipinski definition) is 2. The van der Waals surface area contributed by atoms with Crippen molar-refractivity contribution >= 4 is 5.91 Å². The van der Waals surface area contributed by atoms with Crippen molar-refractivity contribution < 1.29 is 4.79 Å².